The molecule has 1 unspecified atom stereocenters. The zero-order valence-electron chi connectivity index (χ0n) is 20.6. The van der Waals surface area contributed by atoms with Crippen molar-refractivity contribution in [3.8, 4) is 0 Å². The molecule has 1 aromatic carbocycles. The lowest BCUT2D eigenvalue weighted by atomic mass is 9.73. The van der Waals surface area contributed by atoms with E-state index >= 15 is 0 Å². The second kappa shape index (κ2) is 10.4. The molecule has 1 N–H and O–H groups in total. The van der Waals surface area contributed by atoms with Crippen LogP contribution < -0.4 is 5.32 Å². The highest BCUT2D eigenvalue weighted by Gasteiger charge is 2.40. The summed E-state index contributed by atoms with van der Waals surface area (Å²) in [6.45, 7) is 9.40. The van der Waals surface area contributed by atoms with Gasteiger partial charge in [-0.25, -0.2) is 4.79 Å². The van der Waals surface area contributed by atoms with Crippen LogP contribution in [0.2, 0.25) is 0 Å². The van der Waals surface area contributed by atoms with E-state index in [4.69, 9.17) is 14.5 Å². The summed E-state index contributed by atoms with van der Waals surface area (Å²) in [7, 11) is 0. The lowest BCUT2D eigenvalue weighted by Crippen LogP contribution is -2.35. The van der Waals surface area contributed by atoms with Crippen molar-refractivity contribution < 1.29 is 23.9 Å². The van der Waals surface area contributed by atoms with Crippen LogP contribution in [-0.2, 0) is 19.1 Å². The maximum absolute atomic E-state index is 12.7. The molecule has 1 aliphatic rings. The molecule has 0 radical (unpaired) electrons. The molecule has 1 saturated carbocycles. The van der Waals surface area contributed by atoms with Crippen LogP contribution in [0, 0.1) is 5.41 Å². The number of carbonyl (C=O) groups is 3. The number of ketones is 1. The van der Waals surface area contributed by atoms with Crippen molar-refractivity contribution in [2.45, 2.75) is 71.9 Å². The first-order valence-corrected chi connectivity index (χ1v) is 11.8. The van der Waals surface area contributed by atoms with E-state index < -0.39 is 17.1 Å². The Balaban J connectivity index is 1.82. The van der Waals surface area contributed by atoms with Crippen LogP contribution in [-0.4, -0.2) is 35.0 Å². The summed E-state index contributed by atoms with van der Waals surface area (Å²) in [5.74, 6) is -0.0909. The number of rotatable bonds is 6. The number of carbonyl (C=O) groups excluding carboxylic acids is 3. The highest BCUT2D eigenvalue weighted by atomic mass is 16.6. The molecule has 1 fully saturated rings. The van der Waals surface area contributed by atoms with Crippen LogP contribution in [0.5, 0.6) is 0 Å². The Bertz CT molecular complexity index is 1090. The first-order valence-electron chi connectivity index (χ1n) is 11.8. The Morgan fingerprint density at radius 2 is 1.85 bits per heavy atom. The van der Waals surface area contributed by atoms with Crippen LogP contribution in [0.25, 0.3) is 17.0 Å². The van der Waals surface area contributed by atoms with E-state index in [1.165, 1.54) is 0 Å². The molecule has 182 valence electrons. The van der Waals surface area contributed by atoms with Gasteiger partial charge in [0.25, 0.3) is 0 Å². The Morgan fingerprint density at radius 1 is 1.18 bits per heavy atom. The summed E-state index contributed by atoms with van der Waals surface area (Å²) in [6, 6.07) is 9.40. The van der Waals surface area contributed by atoms with Crippen molar-refractivity contribution >= 4 is 34.8 Å². The second-order valence-corrected chi connectivity index (χ2v) is 9.80. The number of aromatic nitrogens is 1. The van der Waals surface area contributed by atoms with E-state index in [0.717, 1.165) is 16.5 Å². The van der Waals surface area contributed by atoms with E-state index in [9.17, 15) is 14.4 Å². The van der Waals surface area contributed by atoms with Crippen LogP contribution >= 0.6 is 0 Å². The fourth-order valence-electron chi connectivity index (χ4n) is 4.00. The standard InChI is InChI=1S/C27H34N2O5/c1-6-33-24(31)27(15-12-21(30)13-16-27)14-11-19-7-8-20-9-10-22(29-23(20)17-19)18(2)28-25(32)34-26(3,4)5/h7-11,14,17-18H,6,12-13,15-16H2,1-5H3,(H,28,32). The SMILES string of the molecule is CCOC(=O)C1(C=Cc2ccc3ccc(C(C)NC(=O)OC(C)(C)C)nc3c2)CCC(=O)CC1. The first-order chi connectivity index (χ1) is 16.0. The Kier molecular flexibility index (Phi) is 7.75. The van der Waals surface area contributed by atoms with Gasteiger partial charge in [-0.2, -0.15) is 0 Å². The topological polar surface area (TPSA) is 94.6 Å². The molecule has 34 heavy (non-hydrogen) atoms. The van der Waals surface area contributed by atoms with E-state index in [1.807, 2.05) is 70.2 Å². The number of alkyl carbamates (subject to hydrolysis) is 1. The van der Waals surface area contributed by atoms with Crippen LogP contribution in [0.15, 0.2) is 36.4 Å². The number of fused-ring (bicyclic) bond motifs is 1. The largest absolute Gasteiger partial charge is 0.465 e. The van der Waals surface area contributed by atoms with Gasteiger partial charge in [0.05, 0.1) is 29.3 Å². The van der Waals surface area contributed by atoms with Gasteiger partial charge >= 0.3 is 12.1 Å². The molecule has 2 aromatic rings. The lowest BCUT2D eigenvalue weighted by molar-refractivity contribution is -0.154. The lowest BCUT2D eigenvalue weighted by Gasteiger charge is -2.31. The van der Waals surface area contributed by atoms with Crippen LogP contribution in [0.1, 0.15) is 77.6 Å². The van der Waals surface area contributed by atoms with E-state index in [2.05, 4.69) is 5.32 Å². The minimum Gasteiger partial charge on any atom is -0.465 e. The van der Waals surface area contributed by atoms with Gasteiger partial charge in [-0.05, 0) is 65.2 Å². The van der Waals surface area contributed by atoms with Gasteiger partial charge in [0.1, 0.15) is 11.4 Å². The summed E-state index contributed by atoms with van der Waals surface area (Å²) in [5.41, 5.74) is 1.04. The van der Waals surface area contributed by atoms with Gasteiger partial charge in [0.2, 0.25) is 0 Å². The van der Waals surface area contributed by atoms with Gasteiger partial charge in [-0.1, -0.05) is 30.4 Å². The molecule has 0 saturated heterocycles. The van der Waals surface area contributed by atoms with E-state index in [-0.39, 0.29) is 17.8 Å². The maximum Gasteiger partial charge on any atom is 0.408 e. The van der Waals surface area contributed by atoms with Crippen molar-refractivity contribution in [1.82, 2.24) is 10.3 Å². The number of amides is 1. The van der Waals surface area contributed by atoms with Crippen molar-refractivity contribution in [3.63, 3.8) is 0 Å². The Hall–Kier alpha value is -3.22. The molecule has 1 aromatic heterocycles. The smallest absolute Gasteiger partial charge is 0.408 e. The van der Waals surface area contributed by atoms with E-state index in [1.54, 1.807) is 6.92 Å². The normalized spacial score (nSPS) is 16.9. The number of pyridine rings is 1. The van der Waals surface area contributed by atoms with Gasteiger partial charge in [0.15, 0.2) is 0 Å². The van der Waals surface area contributed by atoms with Crippen LogP contribution in [0.3, 0.4) is 0 Å². The van der Waals surface area contributed by atoms with Gasteiger partial charge < -0.3 is 14.8 Å². The van der Waals surface area contributed by atoms with Crippen molar-refractivity contribution in [3.05, 3.63) is 47.7 Å². The number of ether oxygens (including phenoxy) is 2. The predicted molar refractivity (Wildman–Crippen MR) is 131 cm³/mol. The zero-order chi connectivity index (χ0) is 24.9. The summed E-state index contributed by atoms with van der Waals surface area (Å²) in [6.07, 6.45) is 4.99. The minimum absolute atomic E-state index is 0.185. The number of esters is 1. The molecular formula is C27H34N2O5. The fourth-order valence-corrected chi connectivity index (χ4v) is 4.00. The number of nitrogens with one attached hydrogen (secondary N) is 1. The quantitative estimate of drug-likeness (QED) is 0.563. The third kappa shape index (κ3) is 6.43. The number of Topliss-reactive ketones (excluding diaryl/α,β-unsaturated/α-hetero) is 1. The summed E-state index contributed by atoms with van der Waals surface area (Å²) in [4.78, 5) is 41.3. The van der Waals surface area contributed by atoms with Crippen molar-refractivity contribution in [1.29, 1.82) is 0 Å². The monoisotopic (exact) mass is 466 g/mol. The molecule has 0 aliphatic heterocycles. The molecule has 1 atom stereocenters. The number of nitrogens with zero attached hydrogens (tertiary/aromatic N) is 1. The Morgan fingerprint density at radius 3 is 2.50 bits per heavy atom. The van der Waals surface area contributed by atoms with Gasteiger partial charge in [0, 0.05) is 18.2 Å². The molecular weight excluding hydrogens is 432 g/mol. The highest BCUT2D eigenvalue weighted by Crippen LogP contribution is 2.38. The molecule has 1 amide bonds. The summed E-state index contributed by atoms with van der Waals surface area (Å²) in [5, 5.41) is 3.78. The van der Waals surface area contributed by atoms with Crippen LogP contribution in [0.4, 0.5) is 4.79 Å². The molecule has 7 heteroatoms. The second-order valence-electron chi connectivity index (χ2n) is 9.80. The molecule has 1 heterocycles. The maximum atomic E-state index is 12.7. The zero-order valence-corrected chi connectivity index (χ0v) is 20.6. The van der Waals surface area contributed by atoms with Crippen molar-refractivity contribution in [2.24, 2.45) is 5.41 Å². The fraction of sp³-hybridized carbons (Fsp3) is 0.481. The minimum atomic E-state index is -0.778. The predicted octanol–water partition coefficient (Wildman–Crippen LogP) is 5.53. The van der Waals surface area contributed by atoms with E-state index in [0.29, 0.717) is 38.0 Å². The molecule has 7 nitrogen and oxygen atoms in total. The van der Waals surface area contributed by atoms with Crippen molar-refractivity contribution in [2.75, 3.05) is 6.61 Å². The number of hydrogen-bond donors (Lipinski definition) is 1. The average Bonchev–Trinajstić information content (AvgIpc) is 2.77. The number of hydrogen-bond acceptors (Lipinski definition) is 6. The Labute approximate surface area is 200 Å². The molecule has 3 rings (SSSR count). The van der Waals surface area contributed by atoms with Gasteiger partial charge in [-0.3, -0.25) is 14.6 Å². The third-order valence-corrected chi connectivity index (χ3v) is 5.89. The number of benzene rings is 1. The molecule has 0 spiro atoms. The average molecular weight is 467 g/mol. The highest BCUT2D eigenvalue weighted by molar-refractivity contribution is 5.87. The molecule has 0 bridgehead atoms. The third-order valence-electron chi connectivity index (χ3n) is 5.89. The molecule has 1 aliphatic carbocycles. The first kappa shape index (κ1) is 25.4. The van der Waals surface area contributed by atoms with Gasteiger partial charge in [-0.15, -0.1) is 0 Å². The summed E-state index contributed by atoms with van der Waals surface area (Å²) >= 11 is 0. The summed E-state index contributed by atoms with van der Waals surface area (Å²) < 4.78 is 10.7.